The zero-order valence-corrected chi connectivity index (χ0v) is 12.5. The van der Waals surface area contributed by atoms with Crippen molar-refractivity contribution in [2.45, 2.75) is 33.2 Å². The molecule has 0 saturated carbocycles. The fraction of sp³-hybridized carbons (Fsp3) is 0.500. The highest BCUT2D eigenvalue weighted by Gasteiger charge is 2.19. The molecule has 1 aromatic rings. The van der Waals surface area contributed by atoms with Crippen LogP contribution >= 0.6 is 12.4 Å². The first-order valence-electron chi connectivity index (χ1n) is 6.37. The summed E-state index contributed by atoms with van der Waals surface area (Å²) in [6.07, 6.45) is 0.887. The SMILES string of the molecule is CCOc1ccc(NC(=O)C(N)C(C)CC)cc1.Cl. The molecule has 0 bridgehead atoms. The Hall–Kier alpha value is -1.26. The number of amides is 1. The van der Waals surface area contributed by atoms with Crippen LogP contribution in [0.25, 0.3) is 0 Å². The maximum Gasteiger partial charge on any atom is 0.241 e. The quantitative estimate of drug-likeness (QED) is 0.845. The fourth-order valence-electron chi connectivity index (χ4n) is 1.54. The van der Waals surface area contributed by atoms with Crippen molar-refractivity contribution in [1.82, 2.24) is 0 Å². The number of anilines is 1. The smallest absolute Gasteiger partial charge is 0.241 e. The lowest BCUT2D eigenvalue weighted by Crippen LogP contribution is -2.40. The van der Waals surface area contributed by atoms with Crippen molar-refractivity contribution in [1.29, 1.82) is 0 Å². The van der Waals surface area contributed by atoms with Crippen LogP contribution in [-0.4, -0.2) is 18.6 Å². The maximum absolute atomic E-state index is 11.9. The Morgan fingerprint density at radius 1 is 1.32 bits per heavy atom. The molecule has 1 aromatic carbocycles. The lowest BCUT2D eigenvalue weighted by molar-refractivity contribution is -0.118. The van der Waals surface area contributed by atoms with Gasteiger partial charge in [-0.1, -0.05) is 20.3 Å². The van der Waals surface area contributed by atoms with Crippen molar-refractivity contribution in [2.24, 2.45) is 11.7 Å². The third kappa shape index (κ3) is 5.49. The molecule has 0 saturated heterocycles. The third-order valence-corrected chi connectivity index (χ3v) is 2.99. The molecule has 0 aliphatic carbocycles. The van der Waals surface area contributed by atoms with Gasteiger partial charge in [-0.3, -0.25) is 4.79 Å². The maximum atomic E-state index is 11.9. The summed E-state index contributed by atoms with van der Waals surface area (Å²) < 4.78 is 5.33. The van der Waals surface area contributed by atoms with Gasteiger partial charge in [0.1, 0.15) is 5.75 Å². The Morgan fingerprint density at radius 2 is 1.89 bits per heavy atom. The Morgan fingerprint density at radius 3 is 2.37 bits per heavy atom. The Kier molecular flexibility index (Phi) is 8.19. The topological polar surface area (TPSA) is 64.3 Å². The molecule has 2 unspecified atom stereocenters. The van der Waals surface area contributed by atoms with Gasteiger partial charge < -0.3 is 15.8 Å². The zero-order valence-electron chi connectivity index (χ0n) is 11.7. The highest BCUT2D eigenvalue weighted by atomic mass is 35.5. The number of carbonyl (C=O) groups excluding carboxylic acids is 1. The van der Waals surface area contributed by atoms with Gasteiger partial charge in [0, 0.05) is 5.69 Å². The van der Waals surface area contributed by atoms with Crippen LogP contribution in [0.4, 0.5) is 5.69 Å². The summed E-state index contributed by atoms with van der Waals surface area (Å²) in [4.78, 5) is 11.9. The van der Waals surface area contributed by atoms with E-state index in [2.05, 4.69) is 5.32 Å². The van der Waals surface area contributed by atoms with E-state index in [1.54, 1.807) is 0 Å². The van der Waals surface area contributed by atoms with Gasteiger partial charge >= 0.3 is 0 Å². The normalized spacial score (nSPS) is 13.1. The van der Waals surface area contributed by atoms with E-state index in [9.17, 15) is 4.79 Å². The minimum absolute atomic E-state index is 0. The molecule has 1 rings (SSSR count). The van der Waals surface area contributed by atoms with Gasteiger partial charge in [-0.05, 0) is 37.1 Å². The van der Waals surface area contributed by atoms with Crippen LogP contribution in [-0.2, 0) is 4.79 Å². The van der Waals surface area contributed by atoms with Crippen molar-refractivity contribution in [3.63, 3.8) is 0 Å². The molecule has 5 heteroatoms. The van der Waals surface area contributed by atoms with E-state index in [-0.39, 0.29) is 24.2 Å². The van der Waals surface area contributed by atoms with Crippen LogP contribution in [0, 0.1) is 5.92 Å². The molecule has 3 N–H and O–H groups in total. The van der Waals surface area contributed by atoms with Gasteiger partial charge in [-0.2, -0.15) is 0 Å². The van der Waals surface area contributed by atoms with E-state index >= 15 is 0 Å². The summed E-state index contributed by atoms with van der Waals surface area (Å²) in [5.74, 6) is 0.822. The van der Waals surface area contributed by atoms with Gasteiger partial charge in [-0.15, -0.1) is 12.4 Å². The molecular weight excluding hydrogens is 264 g/mol. The van der Waals surface area contributed by atoms with Crippen LogP contribution in [0.15, 0.2) is 24.3 Å². The van der Waals surface area contributed by atoms with Crippen molar-refractivity contribution in [3.8, 4) is 5.75 Å². The van der Waals surface area contributed by atoms with Gasteiger partial charge in [0.15, 0.2) is 0 Å². The van der Waals surface area contributed by atoms with E-state index in [1.165, 1.54) is 0 Å². The summed E-state index contributed by atoms with van der Waals surface area (Å²) in [5.41, 5.74) is 6.60. The van der Waals surface area contributed by atoms with E-state index < -0.39 is 6.04 Å². The predicted molar refractivity (Wildman–Crippen MR) is 80.9 cm³/mol. The Labute approximate surface area is 121 Å². The second-order valence-corrected chi connectivity index (χ2v) is 4.36. The van der Waals surface area contributed by atoms with E-state index in [0.717, 1.165) is 17.9 Å². The molecule has 19 heavy (non-hydrogen) atoms. The largest absolute Gasteiger partial charge is 0.494 e. The monoisotopic (exact) mass is 286 g/mol. The number of benzene rings is 1. The molecule has 0 aliphatic rings. The van der Waals surface area contributed by atoms with E-state index in [1.807, 2.05) is 45.0 Å². The molecule has 0 aromatic heterocycles. The minimum atomic E-state index is -0.471. The lowest BCUT2D eigenvalue weighted by Gasteiger charge is -2.17. The van der Waals surface area contributed by atoms with Gasteiger partial charge in [0.25, 0.3) is 0 Å². The van der Waals surface area contributed by atoms with E-state index in [0.29, 0.717) is 6.61 Å². The van der Waals surface area contributed by atoms with Gasteiger partial charge in [-0.25, -0.2) is 0 Å². The number of nitrogens with two attached hydrogens (primary N) is 1. The van der Waals surface area contributed by atoms with Crippen molar-refractivity contribution >= 4 is 24.0 Å². The molecular formula is C14H23ClN2O2. The third-order valence-electron chi connectivity index (χ3n) is 2.99. The first kappa shape index (κ1) is 17.7. The zero-order chi connectivity index (χ0) is 13.5. The number of hydrogen-bond acceptors (Lipinski definition) is 3. The second kappa shape index (κ2) is 8.77. The number of hydrogen-bond donors (Lipinski definition) is 2. The van der Waals surface area contributed by atoms with Gasteiger partial charge in [0.2, 0.25) is 5.91 Å². The first-order chi connectivity index (χ1) is 8.58. The molecule has 0 heterocycles. The van der Waals surface area contributed by atoms with E-state index in [4.69, 9.17) is 10.5 Å². The molecule has 4 nitrogen and oxygen atoms in total. The van der Waals surface area contributed by atoms with Crippen molar-refractivity contribution in [2.75, 3.05) is 11.9 Å². The van der Waals surface area contributed by atoms with Crippen LogP contribution in [0.5, 0.6) is 5.75 Å². The standard InChI is InChI=1S/C14H22N2O2.ClH/c1-4-10(3)13(15)14(17)16-11-6-8-12(9-7-11)18-5-2;/h6-10,13H,4-5,15H2,1-3H3,(H,16,17);1H. The van der Waals surface area contributed by atoms with Crippen LogP contribution in [0.3, 0.4) is 0 Å². The molecule has 0 radical (unpaired) electrons. The van der Waals surface area contributed by atoms with Crippen molar-refractivity contribution in [3.05, 3.63) is 24.3 Å². The molecule has 1 amide bonds. The number of carbonyl (C=O) groups is 1. The number of halogens is 1. The summed E-state index contributed by atoms with van der Waals surface area (Å²) in [6.45, 7) is 6.56. The minimum Gasteiger partial charge on any atom is -0.494 e. The summed E-state index contributed by atoms with van der Waals surface area (Å²) in [6, 6.07) is 6.81. The Balaban J connectivity index is 0.00000324. The van der Waals surface area contributed by atoms with Crippen LogP contribution in [0.2, 0.25) is 0 Å². The molecule has 2 atom stereocenters. The highest BCUT2D eigenvalue weighted by Crippen LogP contribution is 2.16. The number of rotatable bonds is 6. The summed E-state index contributed by atoms with van der Waals surface area (Å²) >= 11 is 0. The Bertz CT molecular complexity index is 382. The molecule has 0 aliphatic heterocycles. The van der Waals surface area contributed by atoms with Crippen molar-refractivity contribution < 1.29 is 9.53 Å². The molecule has 0 spiro atoms. The predicted octanol–water partition coefficient (Wildman–Crippen LogP) is 2.82. The second-order valence-electron chi connectivity index (χ2n) is 4.36. The van der Waals surface area contributed by atoms with Crippen LogP contribution < -0.4 is 15.8 Å². The molecule has 108 valence electrons. The first-order valence-corrected chi connectivity index (χ1v) is 6.37. The molecule has 0 fully saturated rings. The fourth-order valence-corrected chi connectivity index (χ4v) is 1.54. The number of nitrogens with one attached hydrogen (secondary N) is 1. The summed E-state index contributed by atoms with van der Waals surface area (Å²) in [7, 11) is 0. The highest BCUT2D eigenvalue weighted by molar-refractivity contribution is 5.94. The van der Waals surface area contributed by atoms with Crippen LogP contribution in [0.1, 0.15) is 27.2 Å². The summed E-state index contributed by atoms with van der Waals surface area (Å²) in [5, 5.41) is 2.81. The lowest BCUT2D eigenvalue weighted by atomic mass is 9.99. The number of ether oxygens (including phenoxy) is 1. The average Bonchev–Trinajstić information content (AvgIpc) is 2.39. The van der Waals surface area contributed by atoms with Gasteiger partial charge in [0.05, 0.1) is 12.6 Å². The average molecular weight is 287 g/mol.